The van der Waals surface area contributed by atoms with Crippen LogP contribution in [0.1, 0.15) is 165 Å². The van der Waals surface area contributed by atoms with Gasteiger partial charge in [-0.05, 0) is 243 Å². The second-order valence-corrected chi connectivity index (χ2v) is 27.0. The molecule has 6 N–H and O–H groups in total. The molecule has 21 heteroatoms. The summed E-state index contributed by atoms with van der Waals surface area (Å²) in [6.45, 7) is 12.2. The van der Waals surface area contributed by atoms with Gasteiger partial charge >= 0.3 is 23.9 Å². The summed E-state index contributed by atoms with van der Waals surface area (Å²) in [7, 11) is 2.78. The zero-order valence-electron chi connectivity index (χ0n) is 57.1. The number of carbonyl (C=O) groups is 7. The van der Waals surface area contributed by atoms with Gasteiger partial charge in [-0.2, -0.15) is 0 Å². The molecule has 1 aliphatic heterocycles. The Labute approximate surface area is 578 Å². The molecule has 20 nitrogen and oxygen atoms in total. The molecule has 5 amide bonds. The maximum Gasteiger partial charge on any atom is 0.330 e. The number of nitrogens with one attached hydrogen (secondary N) is 5. The zero-order chi connectivity index (χ0) is 69.7. The van der Waals surface area contributed by atoms with Crippen LogP contribution in [0.4, 0.5) is 33.2 Å². The molecule has 4 fully saturated rings. The number of amides is 5. The van der Waals surface area contributed by atoms with E-state index < -0.39 is 18.6 Å². The van der Waals surface area contributed by atoms with Crippen molar-refractivity contribution in [3.8, 4) is 5.75 Å². The van der Waals surface area contributed by atoms with E-state index in [9.17, 15) is 38.7 Å². The molecule has 0 spiro atoms. The van der Waals surface area contributed by atoms with Gasteiger partial charge in [0.25, 0.3) is 11.8 Å². The standard InChI is InChI=1S/C27H34N2O4.C26H33N3O6.C24H26N2O3S/c1-19(2)33-27(31)23-5-3-20(4-6-23)21-7-11-24(12-8-21)28-26(30)22-9-13-25(14-10-22)29-15-17-32-18-16-29;1-16-4-13-23(34-2)21(14-16)29-26(33)27-20-11-9-18(10-12-20)17-5-7-19(8-6-17)24(31)28-22(15-30)25(32)35-3;1-15(2)29-24(28)18-5-3-16(4-6-18)17-7-10-20(11-8-17)26-23(27)19-9-12-21-22(13-19)30-14-25-21/h7-14,19-20,23H,3-6,15-18H2,1-2H3,(H,28,30);4,9-14,17,19,22,30H,5-8,15H2,1-3H3,(H,28,31)(H2,27,29,33);7-16,18H,3-6H2,1-2H3,(H,26,27)/t;17?,19?,22-;/m.1./s1. The van der Waals surface area contributed by atoms with Gasteiger partial charge < -0.3 is 60.3 Å². The van der Waals surface area contributed by atoms with Crippen LogP contribution in [-0.4, -0.2) is 117 Å². The third kappa shape index (κ3) is 20.9. The third-order valence-electron chi connectivity index (χ3n) is 18.5. The summed E-state index contributed by atoms with van der Waals surface area (Å²) in [5.74, 6) is 0.412. The molecule has 6 aromatic carbocycles. The number of aromatic nitrogens is 1. The number of aryl methyl sites for hydroxylation is 1. The van der Waals surface area contributed by atoms with Crippen LogP contribution in [0, 0.1) is 24.7 Å². The number of urea groups is 1. The minimum absolute atomic E-state index is 0.0249. The summed E-state index contributed by atoms with van der Waals surface area (Å²) in [5.41, 5.74) is 12.6. The van der Waals surface area contributed by atoms with E-state index in [1.165, 1.54) is 29.6 Å². The Kier molecular flexibility index (Phi) is 26.8. The van der Waals surface area contributed by atoms with Crippen LogP contribution in [0.5, 0.6) is 5.75 Å². The quantitative estimate of drug-likeness (QED) is 0.0325. The number of carbonyl (C=O) groups excluding carboxylic acids is 7. The molecule has 0 unspecified atom stereocenters. The number of ether oxygens (including phenoxy) is 5. The second-order valence-electron chi connectivity index (χ2n) is 26.1. The first-order valence-electron chi connectivity index (χ1n) is 34.1. The van der Waals surface area contributed by atoms with Crippen molar-refractivity contribution in [3.63, 3.8) is 0 Å². The van der Waals surface area contributed by atoms with Crippen molar-refractivity contribution in [1.82, 2.24) is 10.3 Å². The predicted molar refractivity (Wildman–Crippen MR) is 382 cm³/mol. The van der Waals surface area contributed by atoms with Gasteiger partial charge in [-0.1, -0.05) is 42.5 Å². The molecule has 1 saturated heterocycles. The van der Waals surface area contributed by atoms with Crippen LogP contribution in [0.2, 0.25) is 0 Å². The number of benzene rings is 6. The number of esters is 3. The number of anilines is 5. The highest BCUT2D eigenvalue weighted by Crippen LogP contribution is 2.40. The molecule has 4 aliphatic rings. The lowest BCUT2D eigenvalue weighted by Gasteiger charge is -2.29. The lowest BCUT2D eigenvalue weighted by molar-refractivity contribution is -0.154. The van der Waals surface area contributed by atoms with Gasteiger partial charge in [-0.15, -0.1) is 11.3 Å². The first-order chi connectivity index (χ1) is 47.3. The molecule has 98 heavy (non-hydrogen) atoms. The van der Waals surface area contributed by atoms with Gasteiger partial charge in [0.1, 0.15) is 5.75 Å². The first kappa shape index (κ1) is 73.1. The molecule has 0 radical (unpaired) electrons. The van der Waals surface area contributed by atoms with E-state index in [-0.39, 0.29) is 65.7 Å². The summed E-state index contributed by atoms with van der Waals surface area (Å²) < 4.78 is 27.0. The number of morpholine rings is 1. The van der Waals surface area contributed by atoms with Crippen molar-refractivity contribution < 1.29 is 62.4 Å². The topological polar surface area (TPSA) is 262 Å². The van der Waals surface area contributed by atoms with Crippen molar-refractivity contribution in [2.75, 3.05) is 73.3 Å². The van der Waals surface area contributed by atoms with Crippen LogP contribution in [0.15, 0.2) is 139 Å². The average molecular weight is 1360 g/mol. The van der Waals surface area contributed by atoms with Crippen molar-refractivity contribution in [3.05, 3.63) is 172 Å². The van der Waals surface area contributed by atoms with Gasteiger partial charge in [0.05, 0.1) is 79.5 Å². The maximum atomic E-state index is 12.7. The van der Waals surface area contributed by atoms with Crippen LogP contribution in [-0.2, 0) is 38.1 Å². The Morgan fingerprint density at radius 3 is 1.50 bits per heavy atom. The molecule has 11 rings (SSSR count). The highest BCUT2D eigenvalue weighted by Gasteiger charge is 2.32. The van der Waals surface area contributed by atoms with E-state index in [1.807, 2.05) is 138 Å². The summed E-state index contributed by atoms with van der Waals surface area (Å²) >= 11 is 1.53. The van der Waals surface area contributed by atoms with E-state index in [1.54, 1.807) is 18.7 Å². The number of hydrogen-bond donors (Lipinski definition) is 6. The van der Waals surface area contributed by atoms with Gasteiger partial charge in [0, 0.05) is 52.9 Å². The highest BCUT2D eigenvalue weighted by molar-refractivity contribution is 7.16. The Morgan fingerprint density at radius 2 is 1.03 bits per heavy atom. The Bertz CT molecular complexity index is 3780. The number of thiazole rings is 1. The summed E-state index contributed by atoms with van der Waals surface area (Å²) in [5, 5.41) is 23.5. The molecule has 1 aromatic heterocycles. The molecule has 520 valence electrons. The van der Waals surface area contributed by atoms with E-state index in [0.717, 1.165) is 129 Å². The SMILES string of the molecule is CC(C)OC(=O)C1CCC(c2ccc(NC(=O)c3ccc(N4CCOCC4)cc3)cc2)CC1.CC(C)OC(=O)C1CCC(c2ccc(NC(=O)c3ccc4ncsc4c3)cc2)CC1.COC(=O)[C@@H](CO)NC(=O)C1CCC(c2ccc(NC(=O)Nc3cc(C)ccc3OC)cc2)CC1. The zero-order valence-corrected chi connectivity index (χ0v) is 58.0. The smallest absolute Gasteiger partial charge is 0.330 e. The fraction of sp³-hybridized carbons (Fsp3) is 0.429. The lowest BCUT2D eigenvalue weighted by Crippen LogP contribution is -2.46. The third-order valence-corrected chi connectivity index (χ3v) is 19.3. The number of rotatable bonds is 19. The minimum Gasteiger partial charge on any atom is -0.495 e. The number of fused-ring (bicyclic) bond motifs is 1. The monoisotopic (exact) mass is 1360 g/mol. The fourth-order valence-corrected chi connectivity index (χ4v) is 13.8. The van der Waals surface area contributed by atoms with E-state index in [2.05, 4.69) is 65.5 Å². The number of aliphatic hydroxyl groups excluding tert-OH is 1. The highest BCUT2D eigenvalue weighted by atomic mass is 32.1. The number of methoxy groups -OCH3 is 2. The molecule has 3 aliphatic carbocycles. The van der Waals surface area contributed by atoms with Crippen LogP contribution >= 0.6 is 11.3 Å². The molecule has 7 aromatic rings. The lowest BCUT2D eigenvalue weighted by atomic mass is 9.78. The molecule has 1 atom stereocenters. The Balaban J connectivity index is 0.000000172. The molecular formula is C77H93N7O13S. The van der Waals surface area contributed by atoms with Crippen molar-refractivity contribution >= 4 is 91.7 Å². The first-order valence-corrected chi connectivity index (χ1v) is 35.0. The number of hydrogen-bond acceptors (Lipinski definition) is 16. The molecule has 0 bridgehead atoms. The number of aliphatic hydroxyl groups is 1. The van der Waals surface area contributed by atoms with Gasteiger partial charge in [-0.25, -0.2) is 14.6 Å². The average Bonchev–Trinajstić information content (AvgIpc) is 1.44. The molecule has 3 saturated carbocycles. The number of nitrogens with zero attached hydrogens (tertiary/aromatic N) is 2. The van der Waals surface area contributed by atoms with Gasteiger partial charge in [0.15, 0.2) is 6.04 Å². The minimum atomic E-state index is -1.03. The van der Waals surface area contributed by atoms with E-state index >= 15 is 0 Å². The van der Waals surface area contributed by atoms with Crippen molar-refractivity contribution in [2.24, 2.45) is 17.8 Å². The molecule has 2 heterocycles. The summed E-state index contributed by atoms with van der Waals surface area (Å²) in [4.78, 5) is 92.5. The van der Waals surface area contributed by atoms with Crippen LogP contribution in [0.3, 0.4) is 0 Å². The fourth-order valence-electron chi connectivity index (χ4n) is 13.0. The summed E-state index contributed by atoms with van der Waals surface area (Å²) in [6, 6.07) is 41.4. The van der Waals surface area contributed by atoms with Crippen molar-refractivity contribution in [1.29, 1.82) is 0 Å². The largest absolute Gasteiger partial charge is 0.495 e. The van der Waals surface area contributed by atoms with Crippen LogP contribution in [0.25, 0.3) is 10.2 Å². The van der Waals surface area contributed by atoms with E-state index in [0.29, 0.717) is 58.8 Å². The van der Waals surface area contributed by atoms with E-state index in [4.69, 9.17) is 18.9 Å². The Hall–Kier alpha value is -9.18. The van der Waals surface area contributed by atoms with Crippen molar-refractivity contribution in [2.45, 2.75) is 148 Å². The van der Waals surface area contributed by atoms with Crippen LogP contribution < -0.4 is 36.2 Å². The maximum absolute atomic E-state index is 12.7. The predicted octanol–water partition coefficient (Wildman–Crippen LogP) is 14.3. The molecular weight excluding hydrogens is 1260 g/mol. The normalized spacial score (nSPS) is 19.4. The second kappa shape index (κ2) is 35.9. The van der Waals surface area contributed by atoms with Gasteiger partial charge in [-0.3, -0.25) is 24.0 Å². The van der Waals surface area contributed by atoms with Gasteiger partial charge in [0.2, 0.25) is 5.91 Å². The summed E-state index contributed by atoms with van der Waals surface area (Å²) in [6.07, 6.45) is 10.4. The Morgan fingerprint density at radius 1 is 0.561 bits per heavy atom.